The molecule has 1 saturated heterocycles. The lowest BCUT2D eigenvalue weighted by molar-refractivity contribution is -0.180. The molecule has 7 heteroatoms. The van der Waals surface area contributed by atoms with E-state index in [2.05, 4.69) is 19.0 Å². The van der Waals surface area contributed by atoms with Crippen LogP contribution < -0.4 is 0 Å². The molecule has 1 aliphatic heterocycles. The highest BCUT2D eigenvalue weighted by atomic mass is 16.7. The Balaban J connectivity index is 1.41. The highest BCUT2D eigenvalue weighted by Crippen LogP contribution is 2.35. The third-order valence-corrected chi connectivity index (χ3v) is 12.4. The lowest BCUT2D eigenvalue weighted by Crippen LogP contribution is -2.32. The fourth-order valence-electron chi connectivity index (χ4n) is 8.91. The summed E-state index contributed by atoms with van der Waals surface area (Å²) in [6, 6.07) is 0. The van der Waals surface area contributed by atoms with E-state index in [1.807, 2.05) is 0 Å². The number of esters is 2. The minimum Gasteiger partial charge on any atom is -0.462 e. The Bertz CT molecular complexity index is 836. The normalized spacial score (nSPS) is 23.4. The summed E-state index contributed by atoms with van der Waals surface area (Å²) in [5.41, 5.74) is 0. The molecule has 1 heterocycles. The quantitative estimate of drug-likeness (QED) is 0.121. The van der Waals surface area contributed by atoms with Crippen LogP contribution in [-0.2, 0) is 28.5 Å². The zero-order chi connectivity index (χ0) is 38.4. The average Bonchev–Trinajstić information content (AvgIpc) is 3.55. The van der Waals surface area contributed by atoms with Gasteiger partial charge in [-0.05, 0) is 97.6 Å². The minimum absolute atomic E-state index is 0.0366. The van der Waals surface area contributed by atoms with Crippen molar-refractivity contribution in [1.29, 1.82) is 0 Å². The van der Waals surface area contributed by atoms with Gasteiger partial charge in [0.15, 0.2) is 5.79 Å². The van der Waals surface area contributed by atoms with E-state index in [0.29, 0.717) is 19.4 Å². The molecule has 3 fully saturated rings. The molecule has 2 saturated carbocycles. The number of carbonyl (C=O) groups is 2. The van der Waals surface area contributed by atoms with E-state index in [-0.39, 0.29) is 30.3 Å². The first kappa shape index (κ1) is 47.2. The van der Waals surface area contributed by atoms with Gasteiger partial charge in [0.05, 0.1) is 12.7 Å². The molecular weight excluding hydrogens is 675 g/mol. The summed E-state index contributed by atoms with van der Waals surface area (Å²) in [6.07, 6.45) is 42.5. The first-order valence-corrected chi connectivity index (χ1v) is 23.8. The molecule has 0 aromatic heterocycles. The van der Waals surface area contributed by atoms with Gasteiger partial charge in [0.2, 0.25) is 0 Å². The smallest absolute Gasteiger partial charge is 0.306 e. The number of rotatable bonds is 15. The van der Waals surface area contributed by atoms with Crippen LogP contribution in [0.2, 0.25) is 0 Å². The number of nitrogens with zero attached hydrogens (tertiary/aromatic N) is 1. The van der Waals surface area contributed by atoms with Crippen molar-refractivity contribution in [3.8, 4) is 0 Å². The maximum Gasteiger partial charge on any atom is 0.306 e. The maximum absolute atomic E-state index is 13.0. The number of hydrogen-bond acceptors (Lipinski definition) is 7. The monoisotopic (exact) mass is 762 g/mol. The molecule has 0 aromatic rings. The van der Waals surface area contributed by atoms with Crippen molar-refractivity contribution >= 4 is 11.9 Å². The number of ether oxygens (including phenoxy) is 4. The summed E-state index contributed by atoms with van der Waals surface area (Å²) >= 11 is 0. The number of unbranched alkanes of at least 4 members (excludes halogenated alkanes) is 2. The summed E-state index contributed by atoms with van der Waals surface area (Å²) in [5.74, 6) is -0.699. The Hall–Kier alpha value is -1.18. The molecule has 54 heavy (non-hydrogen) atoms. The van der Waals surface area contributed by atoms with Crippen LogP contribution in [0, 0.1) is 0 Å². The standard InChI is InChI=1S/C47H87NO6/c1-48(2)40-37-44-41-51-47(54-44,38-29-27-35-45(49)52-42-31-23-19-15-11-7-3-4-8-12-16-20-24-32-42)39-30-28-36-46(50)53-43-33-25-21-17-13-9-5-6-10-14-18-22-26-34-43/h42-44H,3-41H2,1-2H3. The molecule has 0 spiro atoms. The van der Waals surface area contributed by atoms with Gasteiger partial charge in [-0.25, -0.2) is 0 Å². The fourth-order valence-corrected chi connectivity index (χ4v) is 8.91. The van der Waals surface area contributed by atoms with Crippen molar-refractivity contribution in [2.45, 2.75) is 262 Å². The molecule has 2 aliphatic carbocycles. The van der Waals surface area contributed by atoms with E-state index in [0.717, 1.165) is 77.2 Å². The van der Waals surface area contributed by atoms with E-state index in [4.69, 9.17) is 18.9 Å². The predicted molar refractivity (Wildman–Crippen MR) is 223 cm³/mol. The fraction of sp³-hybridized carbons (Fsp3) is 0.957. The van der Waals surface area contributed by atoms with Gasteiger partial charge < -0.3 is 23.8 Å². The second-order valence-electron chi connectivity index (χ2n) is 17.8. The molecule has 0 amide bonds. The van der Waals surface area contributed by atoms with Crippen LogP contribution in [0.25, 0.3) is 0 Å². The van der Waals surface area contributed by atoms with Crippen molar-refractivity contribution in [2.24, 2.45) is 0 Å². The summed E-state index contributed by atoms with van der Waals surface area (Å²) in [4.78, 5) is 28.3. The first-order chi connectivity index (χ1) is 26.4. The molecule has 0 bridgehead atoms. The van der Waals surface area contributed by atoms with E-state index in [9.17, 15) is 9.59 Å². The van der Waals surface area contributed by atoms with Crippen molar-refractivity contribution in [2.75, 3.05) is 27.2 Å². The van der Waals surface area contributed by atoms with E-state index < -0.39 is 5.79 Å². The van der Waals surface area contributed by atoms with Gasteiger partial charge in [0, 0.05) is 32.2 Å². The van der Waals surface area contributed by atoms with Gasteiger partial charge in [0.25, 0.3) is 0 Å². The van der Waals surface area contributed by atoms with E-state index in [1.54, 1.807) is 0 Å². The SMILES string of the molecule is CN(C)CCC1COC(CCCCC(=O)OC2CCCCCCCCCCCCCC2)(CCCCC(=O)OC2CCCCCCCCCCCCCC2)O1. The van der Waals surface area contributed by atoms with Crippen molar-refractivity contribution < 1.29 is 28.5 Å². The molecule has 0 radical (unpaired) electrons. The topological polar surface area (TPSA) is 74.3 Å². The zero-order valence-electron chi connectivity index (χ0n) is 35.7. The second kappa shape index (κ2) is 30.9. The predicted octanol–water partition coefficient (Wildman–Crippen LogP) is 12.9. The highest BCUT2D eigenvalue weighted by Gasteiger charge is 2.40. The van der Waals surface area contributed by atoms with Gasteiger partial charge in [-0.1, -0.05) is 128 Å². The van der Waals surface area contributed by atoms with Crippen LogP contribution in [-0.4, -0.2) is 68.2 Å². The van der Waals surface area contributed by atoms with E-state index >= 15 is 0 Å². The van der Waals surface area contributed by atoms with Crippen molar-refractivity contribution in [1.82, 2.24) is 4.90 Å². The Morgan fingerprint density at radius 2 is 0.852 bits per heavy atom. The molecule has 3 rings (SSSR count). The Morgan fingerprint density at radius 1 is 0.519 bits per heavy atom. The van der Waals surface area contributed by atoms with Gasteiger partial charge in [-0.2, -0.15) is 0 Å². The lowest BCUT2D eigenvalue weighted by atomic mass is 10.00. The van der Waals surface area contributed by atoms with Crippen LogP contribution >= 0.6 is 0 Å². The van der Waals surface area contributed by atoms with Gasteiger partial charge in [-0.15, -0.1) is 0 Å². The average molecular weight is 762 g/mol. The lowest BCUT2D eigenvalue weighted by Gasteiger charge is -2.29. The molecule has 3 aliphatic rings. The van der Waals surface area contributed by atoms with E-state index in [1.165, 1.54) is 154 Å². The van der Waals surface area contributed by atoms with Crippen LogP contribution in [0.3, 0.4) is 0 Å². The van der Waals surface area contributed by atoms with Crippen LogP contribution in [0.15, 0.2) is 0 Å². The second-order valence-corrected chi connectivity index (χ2v) is 17.8. The summed E-state index contributed by atoms with van der Waals surface area (Å²) in [6.45, 7) is 1.57. The van der Waals surface area contributed by atoms with Crippen LogP contribution in [0.5, 0.6) is 0 Å². The van der Waals surface area contributed by atoms with Crippen molar-refractivity contribution in [3.05, 3.63) is 0 Å². The molecule has 0 N–H and O–H groups in total. The first-order valence-electron chi connectivity index (χ1n) is 23.8. The third kappa shape index (κ3) is 23.8. The summed E-state index contributed by atoms with van der Waals surface area (Å²) in [7, 11) is 4.19. The van der Waals surface area contributed by atoms with Crippen LogP contribution in [0.1, 0.15) is 238 Å². The Labute approximate surface area is 333 Å². The molecule has 0 aromatic carbocycles. The highest BCUT2D eigenvalue weighted by molar-refractivity contribution is 5.69. The van der Waals surface area contributed by atoms with Gasteiger partial charge in [-0.3, -0.25) is 9.59 Å². The largest absolute Gasteiger partial charge is 0.462 e. The molecular formula is C47H87NO6. The molecule has 1 atom stereocenters. The minimum atomic E-state index is -0.626. The number of carbonyl (C=O) groups excluding carboxylic acids is 2. The Morgan fingerprint density at radius 3 is 1.19 bits per heavy atom. The van der Waals surface area contributed by atoms with Gasteiger partial charge in [0.1, 0.15) is 12.2 Å². The summed E-state index contributed by atoms with van der Waals surface area (Å²) < 4.78 is 25.3. The number of hydrogen-bond donors (Lipinski definition) is 0. The molecule has 7 nitrogen and oxygen atoms in total. The third-order valence-electron chi connectivity index (χ3n) is 12.4. The molecule has 316 valence electrons. The Kier molecular flexibility index (Phi) is 27.0. The van der Waals surface area contributed by atoms with Crippen LogP contribution in [0.4, 0.5) is 0 Å². The summed E-state index contributed by atoms with van der Waals surface area (Å²) in [5, 5.41) is 0. The van der Waals surface area contributed by atoms with Gasteiger partial charge >= 0.3 is 11.9 Å². The maximum atomic E-state index is 13.0. The van der Waals surface area contributed by atoms with Crippen molar-refractivity contribution in [3.63, 3.8) is 0 Å². The zero-order valence-corrected chi connectivity index (χ0v) is 35.7. The molecule has 1 unspecified atom stereocenters.